The SMILES string of the molecule is CCCCCCCCC(CCCCCCCC)C(=O)O[C@@H]1CC2(CCN(CCCCO)CC2)C[C@H]1OC(=O)C(CCCCCCCC)CCCCCCCC. The van der Waals surface area contributed by atoms with E-state index in [0.29, 0.717) is 0 Å². The largest absolute Gasteiger partial charge is 0.458 e. The van der Waals surface area contributed by atoms with E-state index >= 15 is 0 Å². The fourth-order valence-electron chi connectivity index (χ4n) is 9.48. The predicted molar refractivity (Wildman–Crippen MR) is 232 cm³/mol. The van der Waals surface area contributed by atoms with Crippen molar-refractivity contribution in [2.75, 3.05) is 26.2 Å². The molecule has 2 rings (SSSR count). The maximum atomic E-state index is 14.2. The molecule has 1 aliphatic heterocycles. The molecule has 1 saturated carbocycles. The molecule has 0 aromatic rings. The lowest BCUT2D eigenvalue weighted by Gasteiger charge is -2.39. The van der Waals surface area contributed by atoms with Crippen molar-refractivity contribution in [2.45, 2.75) is 258 Å². The summed E-state index contributed by atoms with van der Waals surface area (Å²) in [7, 11) is 0. The molecule has 0 amide bonds. The molecular formula is C49H93NO5. The molecule has 1 aliphatic carbocycles. The first-order chi connectivity index (χ1) is 26.9. The molecule has 1 heterocycles. The number of piperidine rings is 1. The lowest BCUT2D eigenvalue weighted by atomic mass is 9.76. The van der Waals surface area contributed by atoms with Gasteiger partial charge in [0.05, 0.1) is 11.8 Å². The minimum Gasteiger partial charge on any atom is -0.458 e. The number of carbonyl (C=O) groups is 2. The molecule has 1 spiro atoms. The van der Waals surface area contributed by atoms with E-state index < -0.39 is 0 Å². The Morgan fingerprint density at radius 3 is 1.16 bits per heavy atom. The van der Waals surface area contributed by atoms with E-state index in [-0.39, 0.29) is 48.0 Å². The Labute approximate surface area is 341 Å². The summed E-state index contributed by atoms with van der Waals surface area (Å²) in [6.07, 6.45) is 38.2. The molecule has 0 unspecified atom stereocenters. The third kappa shape index (κ3) is 22.6. The number of rotatable bonds is 36. The van der Waals surface area contributed by atoms with Gasteiger partial charge in [0.2, 0.25) is 0 Å². The summed E-state index contributed by atoms with van der Waals surface area (Å²) < 4.78 is 13.2. The Morgan fingerprint density at radius 2 is 0.836 bits per heavy atom. The lowest BCUT2D eigenvalue weighted by molar-refractivity contribution is -0.171. The average molecular weight is 776 g/mol. The van der Waals surface area contributed by atoms with Crippen LogP contribution in [-0.2, 0) is 19.1 Å². The van der Waals surface area contributed by atoms with Gasteiger partial charge >= 0.3 is 11.9 Å². The zero-order chi connectivity index (χ0) is 39.8. The van der Waals surface area contributed by atoms with E-state index in [1.54, 1.807) is 0 Å². The number of hydrogen-bond acceptors (Lipinski definition) is 6. The van der Waals surface area contributed by atoms with E-state index in [9.17, 15) is 14.7 Å². The van der Waals surface area contributed by atoms with Gasteiger partial charge in [-0.3, -0.25) is 9.59 Å². The van der Waals surface area contributed by atoms with Crippen LogP contribution >= 0.6 is 0 Å². The molecule has 6 nitrogen and oxygen atoms in total. The van der Waals surface area contributed by atoms with Gasteiger partial charge in [0, 0.05) is 6.61 Å². The minimum absolute atomic E-state index is 0.0256. The summed E-state index contributed by atoms with van der Waals surface area (Å²) >= 11 is 0. The Balaban J connectivity index is 2.16. The number of carbonyl (C=O) groups excluding carboxylic acids is 2. The van der Waals surface area contributed by atoms with Crippen LogP contribution in [0.1, 0.15) is 246 Å². The van der Waals surface area contributed by atoms with Crippen molar-refractivity contribution in [3.8, 4) is 0 Å². The summed E-state index contributed by atoms with van der Waals surface area (Å²) in [4.78, 5) is 30.9. The fourth-order valence-corrected chi connectivity index (χ4v) is 9.48. The number of likely N-dealkylation sites (tertiary alicyclic amines) is 1. The number of aliphatic hydroxyl groups is 1. The molecule has 1 saturated heterocycles. The summed E-state index contributed by atoms with van der Waals surface area (Å²) in [5.41, 5.74) is 0.0610. The van der Waals surface area contributed by atoms with E-state index in [1.807, 2.05) is 0 Å². The van der Waals surface area contributed by atoms with Crippen LogP contribution in [0.25, 0.3) is 0 Å². The standard InChI is InChI=1S/C49H93NO5/c1-5-9-13-17-21-25-31-43(32-26-22-18-14-10-6-2)47(52)54-45-41-49(35-38-50(39-36-49)37-29-30-40-51)42-46(45)55-48(53)44(33-27-23-19-15-11-7-3)34-28-24-20-16-12-8-4/h43-46,51H,5-42H2,1-4H3/t45-,46-/m1/s1. The van der Waals surface area contributed by atoms with Crippen molar-refractivity contribution < 1.29 is 24.2 Å². The highest BCUT2D eigenvalue weighted by molar-refractivity contribution is 5.74. The number of nitrogens with zero attached hydrogens (tertiary/aromatic N) is 1. The third-order valence-corrected chi connectivity index (χ3v) is 13.3. The quantitative estimate of drug-likeness (QED) is 0.0504. The van der Waals surface area contributed by atoms with Crippen LogP contribution in [0, 0.1) is 17.3 Å². The van der Waals surface area contributed by atoms with Gasteiger partial charge in [-0.25, -0.2) is 0 Å². The minimum atomic E-state index is -0.335. The number of hydrogen-bond donors (Lipinski definition) is 1. The molecule has 2 fully saturated rings. The van der Waals surface area contributed by atoms with Crippen molar-refractivity contribution >= 4 is 11.9 Å². The topological polar surface area (TPSA) is 76.1 Å². The zero-order valence-electron chi connectivity index (χ0n) is 37.2. The molecule has 6 heteroatoms. The van der Waals surface area contributed by atoms with Gasteiger partial charge in [0.15, 0.2) is 0 Å². The smallest absolute Gasteiger partial charge is 0.309 e. The van der Waals surface area contributed by atoms with Gasteiger partial charge in [0.1, 0.15) is 12.2 Å². The zero-order valence-corrected chi connectivity index (χ0v) is 37.2. The monoisotopic (exact) mass is 776 g/mol. The van der Waals surface area contributed by atoms with Crippen LogP contribution in [0.4, 0.5) is 0 Å². The second kappa shape index (κ2) is 32.8. The lowest BCUT2D eigenvalue weighted by Crippen LogP contribution is -2.40. The molecular weight excluding hydrogens is 683 g/mol. The highest BCUT2D eigenvalue weighted by Gasteiger charge is 2.50. The second-order valence-corrected chi connectivity index (χ2v) is 18.3. The van der Waals surface area contributed by atoms with Crippen LogP contribution in [0.15, 0.2) is 0 Å². The number of aliphatic hydroxyl groups excluding tert-OH is 1. The van der Waals surface area contributed by atoms with Gasteiger partial charge in [-0.15, -0.1) is 0 Å². The summed E-state index contributed by atoms with van der Waals surface area (Å²) in [5.74, 6) is -0.150. The van der Waals surface area contributed by atoms with Crippen LogP contribution in [0.5, 0.6) is 0 Å². The Kier molecular flexibility index (Phi) is 29.8. The maximum absolute atomic E-state index is 14.2. The van der Waals surface area contributed by atoms with Crippen molar-refractivity contribution in [1.82, 2.24) is 4.90 Å². The van der Waals surface area contributed by atoms with Gasteiger partial charge in [-0.05, 0) is 89.3 Å². The van der Waals surface area contributed by atoms with E-state index in [0.717, 1.165) is 110 Å². The first-order valence-corrected chi connectivity index (χ1v) is 24.7. The highest BCUT2D eigenvalue weighted by atomic mass is 16.6. The van der Waals surface area contributed by atoms with Gasteiger partial charge in [-0.1, -0.05) is 182 Å². The molecule has 1 N–H and O–H groups in total. The van der Waals surface area contributed by atoms with E-state index in [2.05, 4.69) is 32.6 Å². The van der Waals surface area contributed by atoms with Crippen LogP contribution in [-0.4, -0.2) is 60.4 Å². The molecule has 2 atom stereocenters. The third-order valence-electron chi connectivity index (χ3n) is 13.3. The Bertz CT molecular complexity index is 825. The molecule has 0 aromatic carbocycles. The first-order valence-electron chi connectivity index (χ1n) is 24.7. The Hall–Kier alpha value is -1.14. The number of esters is 2. The molecule has 55 heavy (non-hydrogen) atoms. The van der Waals surface area contributed by atoms with Crippen LogP contribution in [0.2, 0.25) is 0 Å². The Morgan fingerprint density at radius 1 is 0.509 bits per heavy atom. The van der Waals surface area contributed by atoms with E-state index in [1.165, 1.54) is 128 Å². The van der Waals surface area contributed by atoms with Gasteiger partial charge in [0.25, 0.3) is 0 Å². The van der Waals surface area contributed by atoms with Crippen LogP contribution < -0.4 is 0 Å². The van der Waals surface area contributed by atoms with Crippen molar-refractivity contribution in [1.29, 1.82) is 0 Å². The molecule has 0 radical (unpaired) electrons. The number of ether oxygens (including phenoxy) is 2. The maximum Gasteiger partial charge on any atom is 0.309 e. The number of unbranched alkanes of at least 4 members (excludes halogenated alkanes) is 21. The van der Waals surface area contributed by atoms with Crippen molar-refractivity contribution in [2.24, 2.45) is 17.3 Å². The fraction of sp³-hybridized carbons (Fsp3) is 0.959. The average Bonchev–Trinajstić information content (AvgIpc) is 3.50. The van der Waals surface area contributed by atoms with Gasteiger partial charge < -0.3 is 19.5 Å². The second-order valence-electron chi connectivity index (χ2n) is 18.3. The van der Waals surface area contributed by atoms with Crippen molar-refractivity contribution in [3.63, 3.8) is 0 Å². The predicted octanol–water partition coefficient (Wildman–Crippen LogP) is 13.7. The summed E-state index contributed by atoms with van der Waals surface area (Å²) in [6.45, 7) is 12.4. The summed E-state index contributed by atoms with van der Waals surface area (Å²) in [6, 6.07) is 0. The van der Waals surface area contributed by atoms with Gasteiger partial charge in [-0.2, -0.15) is 0 Å². The summed E-state index contributed by atoms with van der Waals surface area (Å²) in [5, 5.41) is 9.31. The molecule has 0 bridgehead atoms. The molecule has 324 valence electrons. The molecule has 2 aliphatic rings. The highest BCUT2D eigenvalue weighted by Crippen LogP contribution is 2.49. The first kappa shape index (κ1) is 50.0. The normalized spacial score (nSPS) is 18.5. The molecule has 0 aromatic heterocycles. The van der Waals surface area contributed by atoms with E-state index in [4.69, 9.17) is 9.47 Å². The van der Waals surface area contributed by atoms with Crippen molar-refractivity contribution in [3.05, 3.63) is 0 Å². The van der Waals surface area contributed by atoms with Crippen LogP contribution in [0.3, 0.4) is 0 Å².